The zero-order valence-corrected chi connectivity index (χ0v) is 19.6. The molecule has 3 heterocycles. The number of anilines is 2. The van der Waals surface area contributed by atoms with Crippen LogP contribution >= 0.6 is 0 Å². The van der Waals surface area contributed by atoms with Crippen LogP contribution in [0.4, 0.5) is 24.8 Å². The lowest BCUT2D eigenvalue weighted by Crippen LogP contribution is -2.52. The Morgan fingerprint density at radius 2 is 1.89 bits per heavy atom. The summed E-state index contributed by atoms with van der Waals surface area (Å²) in [6.07, 6.45) is -4.67. The molecule has 186 valence electrons. The molecule has 0 radical (unpaired) electrons. The molecule has 8 nitrogen and oxygen atoms in total. The summed E-state index contributed by atoms with van der Waals surface area (Å²) in [7, 11) is -4.25. The monoisotopic (exact) mass is 507 g/mol. The van der Waals surface area contributed by atoms with E-state index in [1.165, 1.54) is 18.2 Å². The summed E-state index contributed by atoms with van der Waals surface area (Å²) in [5.74, 6) is 0.153. The van der Waals surface area contributed by atoms with Gasteiger partial charge in [0.25, 0.3) is 10.0 Å². The van der Waals surface area contributed by atoms with Gasteiger partial charge in [0.2, 0.25) is 0 Å². The van der Waals surface area contributed by atoms with Crippen molar-refractivity contribution in [1.82, 2.24) is 15.3 Å². The van der Waals surface area contributed by atoms with E-state index < -0.39 is 21.8 Å². The maximum Gasteiger partial charge on any atom is 0.418 e. The molecule has 3 aromatic rings. The van der Waals surface area contributed by atoms with Crippen molar-refractivity contribution >= 4 is 21.7 Å². The molecule has 2 aromatic heterocycles. The third-order valence-electron chi connectivity index (χ3n) is 5.62. The zero-order chi connectivity index (χ0) is 25.2. The standard InChI is InChI=1S/C23H24F3N5O3S/c1-15-5-2-3-6-17(15)22-18(23(24,25)26)9-10-19(28-22)30-35(33,34)21-8-4-7-20(29-21)31-12-11-27-16(13-31)14-32/h2-10,16,27,32H,11-14H2,1H3,(H,28,30). The Morgan fingerprint density at radius 1 is 1.11 bits per heavy atom. The number of alkyl halides is 3. The number of aliphatic hydroxyl groups is 1. The molecule has 0 bridgehead atoms. The highest BCUT2D eigenvalue weighted by Gasteiger charge is 2.35. The summed E-state index contributed by atoms with van der Waals surface area (Å²) in [6.45, 7) is 3.19. The fraction of sp³-hybridized carbons (Fsp3) is 0.304. The van der Waals surface area contributed by atoms with Crippen molar-refractivity contribution in [3.05, 3.63) is 65.7 Å². The van der Waals surface area contributed by atoms with Crippen LogP contribution in [0.3, 0.4) is 0 Å². The molecule has 35 heavy (non-hydrogen) atoms. The number of rotatable bonds is 6. The molecule has 12 heteroatoms. The second-order valence-electron chi connectivity index (χ2n) is 8.12. The van der Waals surface area contributed by atoms with Crippen LogP contribution in [0.15, 0.2) is 59.6 Å². The third-order valence-corrected chi connectivity index (χ3v) is 6.88. The van der Waals surface area contributed by atoms with E-state index in [4.69, 9.17) is 0 Å². The van der Waals surface area contributed by atoms with Crippen LogP contribution in [0.1, 0.15) is 11.1 Å². The average Bonchev–Trinajstić information content (AvgIpc) is 2.83. The van der Waals surface area contributed by atoms with Gasteiger partial charge in [-0.3, -0.25) is 4.72 Å². The Bertz CT molecular complexity index is 1320. The van der Waals surface area contributed by atoms with Gasteiger partial charge in [0.1, 0.15) is 11.6 Å². The van der Waals surface area contributed by atoms with Crippen LogP contribution in [0.25, 0.3) is 11.3 Å². The number of aliphatic hydroxyl groups excluding tert-OH is 1. The number of benzene rings is 1. The number of pyridine rings is 2. The summed E-state index contributed by atoms with van der Waals surface area (Å²) in [5.41, 5.74) is -0.518. The summed E-state index contributed by atoms with van der Waals surface area (Å²) in [6, 6.07) is 12.6. The highest BCUT2D eigenvalue weighted by atomic mass is 32.2. The molecule has 1 aromatic carbocycles. The van der Waals surface area contributed by atoms with Crippen LogP contribution in [0.2, 0.25) is 0 Å². The zero-order valence-electron chi connectivity index (χ0n) is 18.7. The fourth-order valence-electron chi connectivity index (χ4n) is 3.86. The Morgan fingerprint density at radius 3 is 2.60 bits per heavy atom. The van der Waals surface area contributed by atoms with Crippen molar-refractivity contribution in [1.29, 1.82) is 0 Å². The van der Waals surface area contributed by atoms with E-state index >= 15 is 0 Å². The SMILES string of the molecule is Cc1ccccc1-c1nc(NS(=O)(=O)c2cccc(N3CCNC(CO)C3)n2)ccc1C(F)(F)F. The predicted octanol–water partition coefficient (Wildman–Crippen LogP) is 3.04. The number of halogens is 3. The van der Waals surface area contributed by atoms with Gasteiger partial charge < -0.3 is 15.3 Å². The van der Waals surface area contributed by atoms with E-state index in [1.54, 1.807) is 31.2 Å². The number of nitrogens with zero attached hydrogens (tertiary/aromatic N) is 3. The second kappa shape index (κ2) is 9.80. The van der Waals surface area contributed by atoms with Crippen molar-refractivity contribution in [2.45, 2.75) is 24.2 Å². The van der Waals surface area contributed by atoms with Crippen LogP contribution in [-0.4, -0.2) is 55.8 Å². The van der Waals surface area contributed by atoms with Crippen LogP contribution < -0.4 is 14.9 Å². The Labute approximate surface area is 200 Å². The summed E-state index contributed by atoms with van der Waals surface area (Å²) in [5, 5.41) is 12.2. The molecule has 0 amide bonds. The Hall–Kier alpha value is -3.22. The lowest BCUT2D eigenvalue weighted by atomic mass is 10.0. The van der Waals surface area contributed by atoms with Crippen LogP contribution in [0.5, 0.6) is 0 Å². The molecule has 1 aliphatic heterocycles. The van der Waals surface area contributed by atoms with Gasteiger partial charge in [-0.05, 0) is 36.8 Å². The number of hydrogen-bond acceptors (Lipinski definition) is 7. The average molecular weight is 508 g/mol. The Kier molecular flexibility index (Phi) is 6.97. The van der Waals surface area contributed by atoms with Gasteiger partial charge >= 0.3 is 6.18 Å². The van der Waals surface area contributed by atoms with E-state index in [0.29, 0.717) is 31.0 Å². The second-order valence-corrected chi connectivity index (χ2v) is 9.75. The van der Waals surface area contributed by atoms with Gasteiger partial charge in [-0.1, -0.05) is 30.3 Å². The number of hydrogen-bond donors (Lipinski definition) is 3. The molecule has 0 aliphatic carbocycles. The lowest BCUT2D eigenvalue weighted by Gasteiger charge is -2.33. The minimum absolute atomic E-state index is 0.0706. The molecule has 1 unspecified atom stereocenters. The summed E-state index contributed by atoms with van der Waals surface area (Å²) in [4.78, 5) is 10.1. The maximum absolute atomic E-state index is 13.7. The van der Waals surface area contributed by atoms with Gasteiger partial charge in [-0.25, -0.2) is 9.97 Å². The van der Waals surface area contributed by atoms with Gasteiger partial charge in [-0.15, -0.1) is 0 Å². The van der Waals surface area contributed by atoms with Crippen molar-refractivity contribution in [3.8, 4) is 11.3 Å². The molecule has 0 spiro atoms. The molecule has 1 aliphatic rings. The number of aryl methyl sites for hydroxylation is 1. The van der Waals surface area contributed by atoms with Crippen LogP contribution in [-0.2, 0) is 16.2 Å². The largest absolute Gasteiger partial charge is 0.418 e. The van der Waals surface area contributed by atoms with Gasteiger partial charge in [-0.2, -0.15) is 21.6 Å². The Balaban J connectivity index is 1.66. The van der Waals surface area contributed by atoms with Crippen molar-refractivity contribution in [2.75, 3.05) is 35.9 Å². The molecular formula is C23H24F3N5O3S. The quantitative estimate of drug-likeness (QED) is 0.471. The van der Waals surface area contributed by atoms with Crippen molar-refractivity contribution < 1.29 is 26.7 Å². The number of sulfonamides is 1. The number of piperazine rings is 1. The summed E-state index contributed by atoms with van der Waals surface area (Å²) < 4.78 is 69.3. The first kappa shape index (κ1) is 24.9. The predicted molar refractivity (Wildman–Crippen MR) is 126 cm³/mol. The molecule has 0 saturated carbocycles. The third kappa shape index (κ3) is 5.55. The number of nitrogens with one attached hydrogen (secondary N) is 2. The highest BCUT2D eigenvalue weighted by molar-refractivity contribution is 7.92. The van der Waals surface area contributed by atoms with E-state index in [2.05, 4.69) is 20.0 Å². The van der Waals surface area contributed by atoms with E-state index in [1.807, 2.05) is 4.90 Å². The number of aromatic nitrogens is 2. The molecule has 1 fully saturated rings. The first-order chi connectivity index (χ1) is 16.6. The van der Waals surface area contributed by atoms with E-state index in [-0.39, 0.29) is 34.7 Å². The molecule has 1 saturated heterocycles. The maximum atomic E-state index is 13.7. The first-order valence-corrected chi connectivity index (χ1v) is 12.3. The van der Waals surface area contributed by atoms with Crippen molar-refractivity contribution in [2.24, 2.45) is 0 Å². The topological polar surface area (TPSA) is 107 Å². The molecule has 4 rings (SSSR count). The lowest BCUT2D eigenvalue weighted by molar-refractivity contribution is -0.137. The van der Waals surface area contributed by atoms with Gasteiger partial charge in [0.05, 0.1) is 17.9 Å². The normalized spacial score (nSPS) is 16.8. The minimum Gasteiger partial charge on any atom is -0.395 e. The minimum atomic E-state index is -4.67. The molecule has 3 N–H and O–H groups in total. The van der Waals surface area contributed by atoms with Gasteiger partial charge in [0, 0.05) is 31.2 Å². The molecular weight excluding hydrogens is 483 g/mol. The summed E-state index contributed by atoms with van der Waals surface area (Å²) >= 11 is 0. The van der Waals surface area contributed by atoms with E-state index in [0.717, 1.165) is 12.1 Å². The highest BCUT2D eigenvalue weighted by Crippen LogP contribution is 2.38. The van der Waals surface area contributed by atoms with E-state index in [9.17, 15) is 26.7 Å². The van der Waals surface area contributed by atoms with Crippen molar-refractivity contribution in [3.63, 3.8) is 0 Å². The first-order valence-electron chi connectivity index (χ1n) is 10.8. The van der Waals surface area contributed by atoms with Gasteiger partial charge in [0.15, 0.2) is 5.03 Å². The molecule has 1 atom stereocenters. The smallest absolute Gasteiger partial charge is 0.395 e. The van der Waals surface area contributed by atoms with Crippen LogP contribution in [0, 0.1) is 6.92 Å². The fourth-order valence-corrected chi connectivity index (χ4v) is 4.83.